The fourth-order valence-electron chi connectivity index (χ4n) is 2.52. The van der Waals surface area contributed by atoms with E-state index in [1.165, 1.54) is 24.6 Å². The largest absolute Gasteiger partial charge is 0.349 e. The molecule has 1 saturated carbocycles. The Morgan fingerprint density at radius 2 is 2.17 bits per heavy atom. The molecule has 0 radical (unpaired) electrons. The molecule has 1 fully saturated rings. The molecule has 0 aliphatic heterocycles. The van der Waals surface area contributed by atoms with E-state index in [2.05, 4.69) is 20.1 Å². The van der Waals surface area contributed by atoms with Crippen LogP contribution in [0.4, 0.5) is 0 Å². The van der Waals surface area contributed by atoms with Crippen molar-refractivity contribution in [3.05, 3.63) is 40.7 Å². The van der Waals surface area contributed by atoms with E-state index in [1.54, 1.807) is 0 Å². The molecule has 5 nitrogen and oxygen atoms in total. The summed E-state index contributed by atoms with van der Waals surface area (Å²) in [6.45, 7) is 3.88. The van der Waals surface area contributed by atoms with Crippen LogP contribution in [0, 0.1) is 6.92 Å². The number of aryl methyl sites for hydroxylation is 1. The highest BCUT2D eigenvalue weighted by Gasteiger charge is 2.28. The third-order valence-corrected chi connectivity index (χ3v) is 5.12. The Kier molecular flexibility index (Phi) is 4.92. The van der Waals surface area contributed by atoms with Gasteiger partial charge in [0.25, 0.3) is 0 Å². The number of halogens is 1. The molecule has 3 rings (SSSR count). The summed E-state index contributed by atoms with van der Waals surface area (Å²) in [5, 5.41) is 12.8. The lowest BCUT2D eigenvalue weighted by atomic mass is 10.1. The predicted octanol–water partition coefficient (Wildman–Crippen LogP) is 3.54. The van der Waals surface area contributed by atoms with Crippen LogP contribution in [0.3, 0.4) is 0 Å². The molecule has 1 atom stereocenters. The van der Waals surface area contributed by atoms with Crippen molar-refractivity contribution in [2.24, 2.45) is 0 Å². The van der Waals surface area contributed by atoms with E-state index in [9.17, 15) is 4.79 Å². The number of carbonyl (C=O) groups excluding carboxylic acids is 1. The number of nitrogens with zero attached hydrogens (tertiary/aromatic N) is 3. The quantitative estimate of drug-likeness (QED) is 0.809. The summed E-state index contributed by atoms with van der Waals surface area (Å²) in [6.07, 6.45) is 2.34. The zero-order valence-corrected chi connectivity index (χ0v) is 14.7. The average Bonchev–Trinajstić information content (AvgIpc) is 3.29. The molecular weight excluding hydrogens is 332 g/mol. The smallest absolute Gasteiger partial charge is 0.230 e. The van der Waals surface area contributed by atoms with Crippen molar-refractivity contribution in [1.29, 1.82) is 0 Å². The third-order valence-electron chi connectivity index (χ3n) is 3.83. The van der Waals surface area contributed by atoms with E-state index in [-0.39, 0.29) is 11.9 Å². The first-order valence-electron chi connectivity index (χ1n) is 7.64. The predicted molar refractivity (Wildman–Crippen MR) is 91.8 cm³/mol. The lowest BCUT2D eigenvalue weighted by molar-refractivity contribution is -0.119. The number of nitrogens with one attached hydrogen (secondary N) is 1. The summed E-state index contributed by atoms with van der Waals surface area (Å²) in [7, 11) is 0. The number of thioether (sulfide) groups is 1. The topological polar surface area (TPSA) is 59.8 Å². The molecule has 1 aromatic carbocycles. The molecule has 0 spiro atoms. The SMILES string of the molecule is Cc1nnc(SCC(=O)N[C@H](C)c2ccccc2Cl)n1C1CC1. The molecular formula is C16H19ClN4OS. The molecule has 1 aliphatic carbocycles. The lowest BCUT2D eigenvalue weighted by Gasteiger charge is -2.15. The number of hydrogen-bond acceptors (Lipinski definition) is 4. The molecule has 1 heterocycles. The summed E-state index contributed by atoms with van der Waals surface area (Å²) in [5.41, 5.74) is 0.921. The maximum atomic E-state index is 12.2. The first kappa shape index (κ1) is 16.3. The van der Waals surface area contributed by atoms with Crippen molar-refractivity contribution >= 4 is 29.3 Å². The highest BCUT2D eigenvalue weighted by Crippen LogP contribution is 2.38. The Bertz CT molecular complexity index is 714. The fraction of sp³-hybridized carbons (Fsp3) is 0.438. The van der Waals surface area contributed by atoms with E-state index in [1.807, 2.05) is 38.1 Å². The minimum Gasteiger partial charge on any atom is -0.349 e. The van der Waals surface area contributed by atoms with E-state index in [4.69, 9.17) is 11.6 Å². The number of amides is 1. The summed E-state index contributed by atoms with van der Waals surface area (Å²) in [4.78, 5) is 12.2. The van der Waals surface area contributed by atoms with Crippen LogP contribution in [0.5, 0.6) is 0 Å². The monoisotopic (exact) mass is 350 g/mol. The standard InChI is InChI=1S/C16H19ClN4OS/c1-10(13-5-3-4-6-14(13)17)18-15(22)9-23-16-20-19-11(2)21(16)12-7-8-12/h3-6,10,12H,7-9H2,1-2H3,(H,18,22)/t10-/m1/s1. The molecule has 1 aromatic heterocycles. The molecule has 122 valence electrons. The second-order valence-electron chi connectivity index (χ2n) is 5.73. The summed E-state index contributed by atoms with van der Waals surface area (Å²) >= 11 is 7.59. The number of aromatic nitrogens is 3. The van der Waals surface area contributed by atoms with Crippen LogP contribution in [0.1, 0.15) is 43.2 Å². The normalized spacial score (nSPS) is 15.4. The second kappa shape index (κ2) is 6.93. The molecule has 2 aromatic rings. The molecule has 0 unspecified atom stereocenters. The molecule has 7 heteroatoms. The van der Waals surface area contributed by atoms with Crippen molar-refractivity contribution in [2.75, 3.05) is 5.75 Å². The van der Waals surface area contributed by atoms with Crippen LogP contribution in [0.25, 0.3) is 0 Å². The van der Waals surface area contributed by atoms with Crippen LogP contribution in [0.2, 0.25) is 5.02 Å². The molecule has 1 aliphatic rings. The second-order valence-corrected chi connectivity index (χ2v) is 7.08. The Labute approximate surface area is 144 Å². The maximum absolute atomic E-state index is 12.2. The van der Waals surface area contributed by atoms with Crippen molar-refractivity contribution in [3.63, 3.8) is 0 Å². The van der Waals surface area contributed by atoms with Crippen LogP contribution < -0.4 is 5.32 Å². The van der Waals surface area contributed by atoms with E-state index >= 15 is 0 Å². The zero-order valence-electron chi connectivity index (χ0n) is 13.1. The average molecular weight is 351 g/mol. The molecule has 1 amide bonds. The number of benzene rings is 1. The van der Waals surface area contributed by atoms with Crippen molar-refractivity contribution in [1.82, 2.24) is 20.1 Å². The van der Waals surface area contributed by atoms with Gasteiger partial charge in [-0.05, 0) is 38.3 Å². The Balaban J connectivity index is 1.57. The van der Waals surface area contributed by atoms with Gasteiger partial charge in [0.05, 0.1) is 11.8 Å². The van der Waals surface area contributed by atoms with Gasteiger partial charge in [-0.1, -0.05) is 41.6 Å². The maximum Gasteiger partial charge on any atom is 0.230 e. The van der Waals surface area contributed by atoms with Gasteiger partial charge >= 0.3 is 0 Å². The van der Waals surface area contributed by atoms with Gasteiger partial charge in [-0.3, -0.25) is 4.79 Å². The molecule has 0 saturated heterocycles. The van der Waals surface area contributed by atoms with E-state index < -0.39 is 0 Å². The minimum atomic E-state index is -0.125. The Morgan fingerprint density at radius 3 is 2.87 bits per heavy atom. The first-order valence-corrected chi connectivity index (χ1v) is 9.00. The van der Waals surface area contributed by atoms with Gasteiger partial charge in [0.1, 0.15) is 5.82 Å². The lowest BCUT2D eigenvalue weighted by Crippen LogP contribution is -2.28. The van der Waals surface area contributed by atoms with Crippen molar-refractivity contribution in [3.8, 4) is 0 Å². The molecule has 0 bridgehead atoms. The van der Waals surface area contributed by atoms with Gasteiger partial charge in [0, 0.05) is 11.1 Å². The summed E-state index contributed by atoms with van der Waals surface area (Å²) in [5.74, 6) is 1.20. The third kappa shape index (κ3) is 3.87. The van der Waals surface area contributed by atoms with Crippen LogP contribution in [0.15, 0.2) is 29.4 Å². The van der Waals surface area contributed by atoms with Crippen LogP contribution >= 0.6 is 23.4 Å². The minimum absolute atomic E-state index is 0.0366. The first-order chi connectivity index (χ1) is 11.1. The Morgan fingerprint density at radius 1 is 1.43 bits per heavy atom. The van der Waals surface area contributed by atoms with Crippen molar-refractivity contribution in [2.45, 2.75) is 43.9 Å². The van der Waals surface area contributed by atoms with Gasteiger partial charge in [-0.25, -0.2) is 0 Å². The number of hydrogen-bond donors (Lipinski definition) is 1. The van der Waals surface area contributed by atoms with Crippen LogP contribution in [-0.4, -0.2) is 26.4 Å². The highest BCUT2D eigenvalue weighted by atomic mass is 35.5. The van der Waals surface area contributed by atoms with Gasteiger partial charge < -0.3 is 9.88 Å². The summed E-state index contributed by atoms with van der Waals surface area (Å²) < 4.78 is 2.13. The molecule has 1 N–H and O–H groups in total. The Hall–Kier alpha value is -1.53. The van der Waals surface area contributed by atoms with Gasteiger partial charge in [0.2, 0.25) is 5.91 Å². The summed E-state index contributed by atoms with van der Waals surface area (Å²) in [6, 6.07) is 7.93. The van der Waals surface area contributed by atoms with Gasteiger partial charge in [-0.2, -0.15) is 0 Å². The fourth-order valence-corrected chi connectivity index (χ4v) is 3.68. The zero-order chi connectivity index (χ0) is 16.4. The van der Waals surface area contributed by atoms with Crippen LogP contribution in [-0.2, 0) is 4.79 Å². The van der Waals surface area contributed by atoms with Gasteiger partial charge in [0.15, 0.2) is 5.16 Å². The number of rotatable bonds is 6. The van der Waals surface area contributed by atoms with Crippen molar-refractivity contribution < 1.29 is 4.79 Å². The highest BCUT2D eigenvalue weighted by molar-refractivity contribution is 7.99. The number of carbonyl (C=O) groups is 1. The van der Waals surface area contributed by atoms with E-state index in [0.717, 1.165) is 16.5 Å². The van der Waals surface area contributed by atoms with Gasteiger partial charge in [-0.15, -0.1) is 10.2 Å². The van der Waals surface area contributed by atoms with E-state index in [0.29, 0.717) is 16.8 Å². The molecule has 23 heavy (non-hydrogen) atoms.